The van der Waals surface area contributed by atoms with E-state index in [2.05, 4.69) is 20.8 Å². The normalized spacial score (nSPS) is 44.8. The van der Waals surface area contributed by atoms with Crippen LogP contribution in [0, 0.1) is 46.3 Å². The van der Waals surface area contributed by atoms with Crippen LogP contribution in [-0.4, -0.2) is 22.8 Å². The van der Waals surface area contributed by atoms with Gasteiger partial charge in [-0.1, -0.05) is 33.6 Å². The second-order valence-electron chi connectivity index (χ2n) is 13.6. The molecule has 0 aromatic carbocycles. The van der Waals surface area contributed by atoms with E-state index >= 15 is 0 Å². The van der Waals surface area contributed by atoms with Crippen LogP contribution in [0.1, 0.15) is 119 Å². The minimum Gasteiger partial charge on any atom is -0.463 e. The highest BCUT2D eigenvalue weighted by Crippen LogP contribution is 2.68. The summed E-state index contributed by atoms with van der Waals surface area (Å²) in [5.74, 6) is 4.97. The van der Waals surface area contributed by atoms with Crippen LogP contribution in [0.5, 0.6) is 0 Å². The molecule has 0 spiro atoms. The third-order valence-corrected chi connectivity index (χ3v) is 11.2. The summed E-state index contributed by atoms with van der Waals surface area (Å²) < 4.78 is 5.65. The molecule has 1 N–H and O–H groups in total. The number of ether oxygens (including phenoxy) is 1. The molecule has 0 amide bonds. The molecule has 0 radical (unpaired) electrons. The lowest BCUT2D eigenvalue weighted by molar-refractivity contribution is -0.160. The maximum absolute atomic E-state index is 11.5. The molecule has 3 heteroatoms. The fourth-order valence-electron chi connectivity index (χ4n) is 9.59. The van der Waals surface area contributed by atoms with E-state index in [1.807, 2.05) is 13.8 Å². The van der Waals surface area contributed by atoms with Gasteiger partial charge in [-0.25, -0.2) is 0 Å². The van der Waals surface area contributed by atoms with Crippen LogP contribution in [0.4, 0.5) is 0 Å². The van der Waals surface area contributed by atoms with Gasteiger partial charge in [0.25, 0.3) is 0 Å². The van der Waals surface area contributed by atoms with E-state index in [-0.39, 0.29) is 12.1 Å². The minimum absolute atomic E-state index is 0.102. The Balaban J connectivity index is 1.42. The largest absolute Gasteiger partial charge is 0.463 e. The monoisotopic (exact) mass is 446 g/mol. The minimum atomic E-state index is -0.525. The SMILES string of the molecule is CC(=O)O[C@H]1CC[C@@]2(C)[C@@H](CC[C@@H]3[C@@H]2CC[C@]2(C)[C@@H]([C@H](C)CCCC(C)(C)O)CC[C@@H]32)C1. The van der Waals surface area contributed by atoms with Crippen molar-refractivity contribution in [2.24, 2.45) is 46.3 Å². The lowest BCUT2D eigenvalue weighted by Gasteiger charge is -2.61. The van der Waals surface area contributed by atoms with E-state index in [0.29, 0.717) is 10.8 Å². The second kappa shape index (κ2) is 8.90. The Bertz CT molecular complexity index is 680. The number of carbonyl (C=O) groups is 1. The van der Waals surface area contributed by atoms with E-state index in [1.54, 1.807) is 6.92 Å². The van der Waals surface area contributed by atoms with Crippen LogP contribution in [0.3, 0.4) is 0 Å². The zero-order valence-corrected chi connectivity index (χ0v) is 21.8. The topological polar surface area (TPSA) is 46.5 Å². The van der Waals surface area contributed by atoms with Crippen LogP contribution in [0.2, 0.25) is 0 Å². The fourth-order valence-corrected chi connectivity index (χ4v) is 9.59. The molecule has 0 bridgehead atoms. The van der Waals surface area contributed by atoms with Crippen molar-refractivity contribution in [2.45, 2.75) is 130 Å². The molecular formula is C29H50O3. The second-order valence-corrected chi connectivity index (χ2v) is 13.6. The molecule has 0 saturated heterocycles. The molecule has 0 aromatic rings. The molecule has 4 fully saturated rings. The molecule has 4 saturated carbocycles. The Morgan fingerprint density at radius 1 is 1.03 bits per heavy atom. The molecule has 0 aliphatic heterocycles. The highest BCUT2D eigenvalue weighted by atomic mass is 16.5. The average Bonchev–Trinajstić information content (AvgIpc) is 3.04. The van der Waals surface area contributed by atoms with Gasteiger partial charge < -0.3 is 9.84 Å². The van der Waals surface area contributed by atoms with Gasteiger partial charge in [-0.3, -0.25) is 4.79 Å². The molecule has 4 aliphatic carbocycles. The quantitative estimate of drug-likeness (QED) is 0.440. The standard InChI is InChI=1S/C29H50O3/c1-19(8-7-15-27(3,4)31)24-11-12-25-23-10-9-21-18-22(32-20(2)30)13-16-28(21,5)26(23)14-17-29(24,25)6/h19,21-26,31H,7-18H2,1-6H3/t19-,21+,22+,23+,24-,25+,26+,28+,29-/m1/s1. The maximum atomic E-state index is 11.5. The van der Waals surface area contributed by atoms with Crippen LogP contribution in [0.25, 0.3) is 0 Å². The molecule has 0 unspecified atom stereocenters. The predicted molar refractivity (Wildman–Crippen MR) is 130 cm³/mol. The van der Waals surface area contributed by atoms with Gasteiger partial charge in [0.15, 0.2) is 0 Å². The smallest absolute Gasteiger partial charge is 0.302 e. The van der Waals surface area contributed by atoms with Crippen molar-refractivity contribution in [3.8, 4) is 0 Å². The van der Waals surface area contributed by atoms with Crippen molar-refractivity contribution in [3.05, 3.63) is 0 Å². The fraction of sp³-hybridized carbons (Fsp3) is 0.966. The highest BCUT2D eigenvalue weighted by Gasteiger charge is 2.60. The molecular weight excluding hydrogens is 396 g/mol. The number of fused-ring (bicyclic) bond motifs is 5. The van der Waals surface area contributed by atoms with Crippen molar-refractivity contribution < 1.29 is 14.6 Å². The zero-order chi connectivity index (χ0) is 23.3. The van der Waals surface area contributed by atoms with Gasteiger partial charge in [-0.05, 0) is 124 Å². The van der Waals surface area contributed by atoms with Crippen molar-refractivity contribution in [1.29, 1.82) is 0 Å². The third-order valence-electron chi connectivity index (χ3n) is 11.2. The van der Waals surface area contributed by atoms with Crippen LogP contribution >= 0.6 is 0 Å². The molecule has 3 nitrogen and oxygen atoms in total. The predicted octanol–water partition coefficient (Wildman–Crippen LogP) is 7.15. The molecule has 184 valence electrons. The van der Waals surface area contributed by atoms with Crippen molar-refractivity contribution in [2.75, 3.05) is 0 Å². The Morgan fingerprint density at radius 2 is 1.72 bits per heavy atom. The molecule has 0 heterocycles. The number of esters is 1. The van der Waals surface area contributed by atoms with E-state index in [9.17, 15) is 9.90 Å². The van der Waals surface area contributed by atoms with Gasteiger partial charge in [0.2, 0.25) is 0 Å². The molecule has 9 atom stereocenters. The Morgan fingerprint density at radius 3 is 2.41 bits per heavy atom. The first-order valence-corrected chi connectivity index (χ1v) is 13.8. The van der Waals surface area contributed by atoms with Crippen molar-refractivity contribution in [1.82, 2.24) is 0 Å². The summed E-state index contributed by atoms with van der Waals surface area (Å²) in [5, 5.41) is 10.1. The summed E-state index contributed by atoms with van der Waals surface area (Å²) in [7, 11) is 0. The number of hydrogen-bond acceptors (Lipinski definition) is 3. The van der Waals surface area contributed by atoms with E-state index in [1.165, 1.54) is 51.4 Å². The first-order valence-electron chi connectivity index (χ1n) is 13.8. The van der Waals surface area contributed by atoms with Gasteiger partial charge in [0.05, 0.1) is 5.60 Å². The maximum Gasteiger partial charge on any atom is 0.302 e. The zero-order valence-electron chi connectivity index (χ0n) is 21.8. The van der Waals surface area contributed by atoms with Crippen molar-refractivity contribution in [3.63, 3.8) is 0 Å². The van der Waals surface area contributed by atoms with Crippen molar-refractivity contribution >= 4 is 5.97 Å². The number of aliphatic hydroxyl groups is 1. The number of rotatable bonds is 6. The molecule has 4 aliphatic rings. The highest BCUT2D eigenvalue weighted by molar-refractivity contribution is 5.66. The van der Waals surface area contributed by atoms with Crippen LogP contribution in [-0.2, 0) is 9.53 Å². The Labute approximate surface area is 197 Å². The van der Waals surface area contributed by atoms with Gasteiger partial charge >= 0.3 is 5.97 Å². The number of hydrogen-bond donors (Lipinski definition) is 1. The lowest BCUT2D eigenvalue weighted by Crippen LogP contribution is -2.54. The van der Waals surface area contributed by atoms with Gasteiger partial charge in [0, 0.05) is 6.92 Å². The molecule has 4 rings (SSSR count). The third kappa shape index (κ3) is 4.53. The van der Waals surface area contributed by atoms with Gasteiger partial charge in [0.1, 0.15) is 6.10 Å². The molecule has 32 heavy (non-hydrogen) atoms. The first kappa shape index (κ1) is 24.6. The summed E-state index contributed by atoms with van der Waals surface area (Å²) in [6, 6.07) is 0. The van der Waals surface area contributed by atoms with Gasteiger partial charge in [-0.2, -0.15) is 0 Å². The summed E-state index contributed by atoms with van der Waals surface area (Å²) in [5.41, 5.74) is 0.452. The van der Waals surface area contributed by atoms with E-state index in [4.69, 9.17) is 4.74 Å². The number of carbonyl (C=O) groups excluding carboxylic acids is 1. The lowest BCUT2D eigenvalue weighted by atomic mass is 9.44. The summed E-state index contributed by atoms with van der Waals surface area (Å²) in [6.45, 7) is 13.2. The Kier molecular flexibility index (Phi) is 6.83. The van der Waals surface area contributed by atoms with Gasteiger partial charge in [-0.15, -0.1) is 0 Å². The first-order chi connectivity index (χ1) is 14.9. The van der Waals surface area contributed by atoms with Crippen LogP contribution in [0.15, 0.2) is 0 Å². The van der Waals surface area contributed by atoms with E-state index in [0.717, 1.165) is 61.2 Å². The summed E-state index contributed by atoms with van der Waals surface area (Å²) in [6.07, 6.45) is 15.3. The average molecular weight is 447 g/mol. The van der Waals surface area contributed by atoms with E-state index < -0.39 is 5.60 Å². The summed E-state index contributed by atoms with van der Waals surface area (Å²) >= 11 is 0. The molecule has 0 aromatic heterocycles. The summed E-state index contributed by atoms with van der Waals surface area (Å²) in [4.78, 5) is 11.5. The Hall–Kier alpha value is -0.570. The van der Waals surface area contributed by atoms with Crippen LogP contribution < -0.4 is 0 Å².